The predicted octanol–water partition coefficient (Wildman–Crippen LogP) is 4.54. The summed E-state index contributed by atoms with van der Waals surface area (Å²) < 4.78 is 5.59. The highest BCUT2D eigenvalue weighted by Gasteiger charge is 2.06. The fourth-order valence-corrected chi connectivity index (χ4v) is 2.70. The highest BCUT2D eigenvalue weighted by molar-refractivity contribution is 6.01. The molecule has 26 heavy (non-hydrogen) atoms. The summed E-state index contributed by atoms with van der Waals surface area (Å²) in [6.07, 6.45) is 1.76. The molecule has 4 heteroatoms. The third-order valence-electron chi connectivity index (χ3n) is 4.00. The maximum atomic E-state index is 12.1. The Kier molecular flexibility index (Phi) is 5.99. The number of rotatable bonds is 7. The summed E-state index contributed by atoms with van der Waals surface area (Å²) in [7, 11) is 0. The van der Waals surface area contributed by atoms with Gasteiger partial charge >= 0.3 is 0 Å². The molecule has 0 aliphatic rings. The van der Waals surface area contributed by atoms with E-state index < -0.39 is 0 Å². The minimum atomic E-state index is -0.275. The lowest BCUT2D eigenvalue weighted by Crippen LogP contribution is -2.26. The lowest BCUT2D eigenvalue weighted by atomic mass is 10.1. The Morgan fingerprint density at radius 2 is 1.69 bits per heavy atom. The SMILES string of the molecule is CCC/C(=N/NC(=O)COc1ccc2ccccc2c1)c1ccccc1. The Bertz CT molecular complexity index is 904. The molecule has 1 amide bonds. The number of carbonyl (C=O) groups excluding carboxylic acids is 1. The molecule has 0 radical (unpaired) electrons. The molecule has 1 N–H and O–H groups in total. The number of hydrazone groups is 1. The van der Waals surface area contributed by atoms with Crippen molar-refractivity contribution in [2.45, 2.75) is 19.8 Å². The number of carbonyl (C=O) groups is 1. The second kappa shape index (κ2) is 8.81. The van der Waals surface area contributed by atoms with Crippen LogP contribution in [0.2, 0.25) is 0 Å². The number of ether oxygens (including phenoxy) is 1. The molecule has 3 rings (SSSR count). The van der Waals surface area contributed by atoms with Gasteiger partial charge in [0.1, 0.15) is 5.75 Å². The van der Waals surface area contributed by atoms with Crippen LogP contribution in [0, 0.1) is 0 Å². The van der Waals surface area contributed by atoms with Crippen molar-refractivity contribution in [2.24, 2.45) is 5.10 Å². The number of amides is 1. The van der Waals surface area contributed by atoms with E-state index in [1.807, 2.05) is 72.8 Å². The number of fused-ring (bicyclic) bond motifs is 1. The van der Waals surface area contributed by atoms with Gasteiger partial charge in [-0.1, -0.05) is 74.0 Å². The van der Waals surface area contributed by atoms with Gasteiger partial charge in [0.15, 0.2) is 6.61 Å². The first-order chi connectivity index (χ1) is 12.8. The zero-order valence-electron chi connectivity index (χ0n) is 14.8. The van der Waals surface area contributed by atoms with Crippen molar-refractivity contribution in [3.63, 3.8) is 0 Å². The Hall–Kier alpha value is -3.14. The molecule has 0 fully saturated rings. The van der Waals surface area contributed by atoms with Gasteiger partial charge in [-0.25, -0.2) is 5.43 Å². The van der Waals surface area contributed by atoms with E-state index in [4.69, 9.17) is 4.74 Å². The van der Waals surface area contributed by atoms with Gasteiger partial charge in [0.05, 0.1) is 5.71 Å². The summed E-state index contributed by atoms with van der Waals surface area (Å²) in [5.74, 6) is 0.391. The standard InChI is InChI=1S/C22H22N2O2/c1-2-8-21(18-10-4-3-5-11-18)23-24-22(25)16-26-20-14-13-17-9-6-7-12-19(17)15-20/h3-7,9-15H,2,8,16H2,1H3,(H,24,25)/b23-21-. The maximum Gasteiger partial charge on any atom is 0.277 e. The molecule has 0 bridgehead atoms. The van der Waals surface area contributed by atoms with Gasteiger partial charge in [0, 0.05) is 0 Å². The highest BCUT2D eigenvalue weighted by atomic mass is 16.5. The number of nitrogens with zero attached hydrogens (tertiary/aromatic N) is 1. The van der Waals surface area contributed by atoms with Crippen molar-refractivity contribution in [1.82, 2.24) is 5.43 Å². The summed E-state index contributed by atoms with van der Waals surface area (Å²) in [5.41, 5.74) is 4.48. The largest absolute Gasteiger partial charge is 0.484 e. The summed E-state index contributed by atoms with van der Waals surface area (Å²) in [4.78, 5) is 12.1. The second-order valence-electron chi connectivity index (χ2n) is 6.01. The van der Waals surface area contributed by atoms with Gasteiger partial charge in [-0.3, -0.25) is 4.79 Å². The fraction of sp³-hybridized carbons (Fsp3) is 0.182. The molecule has 0 unspecified atom stereocenters. The molecule has 132 valence electrons. The van der Waals surface area contributed by atoms with Gasteiger partial charge in [-0.2, -0.15) is 5.10 Å². The molecular weight excluding hydrogens is 324 g/mol. The van der Waals surface area contributed by atoms with Gasteiger partial charge in [0.2, 0.25) is 0 Å². The first-order valence-electron chi connectivity index (χ1n) is 8.78. The van der Waals surface area contributed by atoms with E-state index in [2.05, 4.69) is 17.5 Å². The zero-order valence-corrected chi connectivity index (χ0v) is 14.8. The van der Waals surface area contributed by atoms with Crippen LogP contribution in [0.3, 0.4) is 0 Å². The van der Waals surface area contributed by atoms with E-state index in [1.165, 1.54) is 0 Å². The van der Waals surface area contributed by atoms with Crippen LogP contribution in [0.4, 0.5) is 0 Å². The van der Waals surface area contributed by atoms with E-state index in [1.54, 1.807) is 0 Å². The zero-order chi connectivity index (χ0) is 18.2. The predicted molar refractivity (Wildman–Crippen MR) is 105 cm³/mol. The first kappa shape index (κ1) is 17.7. The monoisotopic (exact) mass is 346 g/mol. The van der Waals surface area contributed by atoms with Crippen molar-refractivity contribution in [2.75, 3.05) is 6.61 Å². The maximum absolute atomic E-state index is 12.1. The lowest BCUT2D eigenvalue weighted by Gasteiger charge is -2.08. The molecule has 4 nitrogen and oxygen atoms in total. The van der Waals surface area contributed by atoms with Crippen molar-refractivity contribution in [1.29, 1.82) is 0 Å². The number of hydrogen-bond acceptors (Lipinski definition) is 3. The molecule has 3 aromatic carbocycles. The average Bonchev–Trinajstić information content (AvgIpc) is 2.70. The van der Waals surface area contributed by atoms with Crippen LogP contribution >= 0.6 is 0 Å². The number of nitrogens with one attached hydrogen (secondary N) is 1. The minimum Gasteiger partial charge on any atom is -0.484 e. The van der Waals surface area contributed by atoms with Gasteiger partial charge in [-0.05, 0) is 34.9 Å². The Morgan fingerprint density at radius 1 is 0.962 bits per heavy atom. The summed E-state index contributed by atoms with van der Waals surface area (Å²) in [6.45, 7) is 2.01. The third-order valence-corrected chi connectivity index (χ3v) is 4.00. The van der Waals surface area contributed by atoms with E-state index in [0.717, 1.165) is 34.9 Å². The smallest absolute Gasteiger partial charge is 0.277 e. The molecule has 0 saturated carbocycles. The highest BCUT2D eigenvalue weighted by Crippen LogP contribution is 2.20. The van der Waals surface area contributed by atoms with E-state index in [-0.39, 0.29) is 12.5 Å². The Balaban J connectivity index is 1.60. The van der Waals surface area contributed by atoms with Crippen molar-refractivity contribution >= 4 is 22.4 Å². The van der Waals surface area contributed by atoms with Crippen LogP contribution in [-0.2, 0) is 4.79 Å². The normalized spacial score (nSPS) is 11.3. The Labute approximate surface area is 153 Å². The van der Waals surface area contributed by atoms with Crippen molar-refractivity contribution in [3.05, 3.63) is 78.4 Å². The van der Waals surface area contributed by atoms with Crippen LogP contribution in [0.25, 0.3) is 10.8 Å². The summed E-state index contributed by atoms with van der Waals surface area (Å²) >= 11 is 0. The summed E-state index contributed by atoms with van der Waals surface area (Å²) in [5, 5.41) is 6.50. The van der Waals surface area contributed by atoms with Crippen LogP contribution in [-0.4, -0.2) is 18.2 Å². The fourth-order valence-electron chi connectivity index (χ4n) is 2.70. The topological polar surface area (TPSA) is 50.7 Å². The molecule has 0 aliphatic carbocycles. The molecule has 0 spiro atoms. The quantitative estimate of drug-likeness (QED) is 0.504. The second-order valence-corrected chi connectivity index (χ2v) is 6.01. The van der Waals surface area contributed by atoms with Crippen LogP contribution in [0.1, 0.15) is 25.3 Å². The number of hydrogen-bond donors (Lipinski definition) is 1. The number of benzene rings is 3. The van der Waals surface area contributed by atoms with Crippen LogP contribution < -0.4 is 10.2 Å². The van der Waals surface area contributed by atoms with Gasteiger partial charge in [-0.15, -0.1) is 0 Å². The average molecular weight is 346 g/mol. The minimum absolute atomic E-state index is 0.0734. The third kappa shape index (κ3) is 4.70. The van der Waals surface area contributed by atoms with Crippen molar-refractivity contribution < 1.29 is 9.53 Å². The van der Waals surface area contributed by atoms with Crippen molar-refractivity contribution in [3.8, 4) is 5.75 Å². The molecule has 0 atom stereocenters. The van der Waals surface area contributed by atoms with Gasteiger partial charge in [0.25, 0.3) is 5.91 Å². The lowest BCUT2D eigenvalue weighted by molar-refractivity contribution is -0.123. The van der Waals surface area contributed by atoms with Crippen LogP contribution in [0.15, 0.2) is 77.9 Å². The van der Waals surface area contributed by atoms with Crippen LogP contribution in [0.5, 0.6) is 5.75 Å². The molecule has 0 aliphatic heterocycles. The van der Waals surface area contributed by atoms with E-state index in [9.17, 15) is 4.79 Å². The molecule has 0 saturated heterocycles. The summed E-state index contributed by atoms with van der Waals surface area (Å²) in [6, 6.07) is 23.7. The van der Waals surface area contributed by atoms with E-state index in [0.29, 0.717) is 5.75 Å². The van der Waals surface area contributed by atoms with E-state index >= 15 is 0 Å². The molecule has 3 aromatic rings. The van der Waals surface area contributed by atoms with Gasteiger partial charge < -0.3 is 4.74 Å². The molecule has 0 heterocycles. The molecular formula is C22H22N2O2. The first-order valence-corrected chi connectivity index (χ1v) is 8.78. The molecule has 0 aromatic heterocycles. The Morgan fingerprint density at radius 3 is 2.46 bits per heavy atom.